The van der Waals surface area contributed by atoms with Crippen LogP contribution in [0.3, 0.4) is 0 Å². The molecule has 0 aliphatic heterocycles. The lowest BCUT2D eigenvalue weighted by atomic mass is 10.3. The van der Waals surface area contributed by atoms with E-state index < -0.39 is 0 Å². The minimum absolute atomic E-state index is 0.391. The first kappa shape index (κ1) is 14.6. The summed E-state index contributed by atoms with van der Waals surface area (Å²) in [5.41, 5.74) is 1.68. The van der Waals surface area contributed by atoms with Gasteiger partial charge in [-0.2, -0.15) is 0 Å². The first-order chi connectivity index (χ1) is 9.11. The summed E-state index contributed by atoms with van der Waals surface area (Å²) >= 11 is 11.9. The van der Waals surface area contributed by atoms with Crippen LogP contribution >= 0.6 is 23.2 Å². The lowest BCUT2D eigenvalue weighted by molar-refractivity contribution is 0.387. The molecule has 0 spiro atoms. The molecule has 0 bridgehead atoms. The number of aromatic nitrogens is 3. The van der Waals surface area contributed by atoms with Crippen LogP contribution < -0.4 is 0 Å². The molecule has 0 atom stereocenters. The van der Waals surface area contributed by atoms with Gasteiger partial charge in [0.25, 0.3) is 0 Å². The molecule has 4 nitrogen and oxygen atoms in total. The number of nitrogens with zero attached hydrogens (tertiary/aromatic N) is 4. The van der Waals surface area contributed by atoms with Crippen molar-refractivity contribution in [3.05, 3.63) is 23.1 Å². The minimum Gasteiger partial charge on any atom is -0.312 e. The van der Waals surface area contributed by atoms with E-state index in [9.17, 15) is 0 Å². The van der Waals surface area contributed by atoms with Crippen LogP contribution in [-0.2, 0) is 12.4 Å². The molecule has 0 saturated carbocycles. The third-order valence-electron chi connectivity index (χ3n) is 2.99. The van der Waals surface area contributed by atoms with E-state index in [1.165, 1.54) is 0 Å². The normalized spacial score (nSPS) is 11.6. The molecule has 0 saturated heterocycles. The third kappa shape index (κ3) is 3.59. The van der Waals surface area contributed by atoms with Crippen molar-refractivity contribution in [3.8, 4) is 0 Å². The number of fused-ring (bicyclic) bond motifs is 1. The van der Waals surface area contributed by atoms with Crippen LogP contribution in [0.5, 0.6) is 0 Å². The summed E-state index contributed by atoms with van der Waals surface area (Å²) in [6, 6.07) is 1.83. The van der Waals surface area contributed by atoms with E-state index >= 15 is 0 Å². The maximum Gasteiger partial charge on any atom is 0.160 e. The Morgan fingerprint density at radius 1 is 1.32 bits per heavy atom. The average molecular weight is 301 g/mol. The number of pyridine rings is 1. The van der Waals surface area contributed by atoms with Crippen LogP contribution in [0.15, 0.2) is 12.3 Å². The number of aryl methyl sites for hydroxylation is 1. The van der Waals surface area contributed by atoms with Gasteiger partial charge in [0.1, 0.15) is 11.3 Å². The molecule has 0 radical (unpaired) electrons. The smallest absolute Gasteiger partial charge is 0.160 e. The quantitative estimate of drug-likeness (QED) is 0.607. The Morgan fingerprint density at radius 2 is 2.11 bits per heavy atom. The van der Waals surface area contributed by atoms with Crippen molar-refractivity contribution < 1.29 is 0 Å². The summed E-state index contributed by atoms with van der Waals surface area (Å²) in [7, 11) is 4.17. The van der Waals surface area contributed by atoms with Crippen molar-refractivity contribution >= 4 is 34.4 Å². The van der Waals surface area contributed by atoms with E-state index in [0.717, 1.165) is 42.9 Å². The van der Waals surface area contributed by atoms with Gasteiger partial charge >= 0.3 is 0 Å². The molecule has 0 unspecified atom stereocenters. The zero-order chi connectivity index (χ0) is 13.8. The molecule has 2 aromatic rings. The molecule has 6 heteroatoms. The van der Waals surface area contributed by atoms with Gasteiger partial charge < -0.3 is 9.47 Å². The number of halogens is 2. The maximum atomic E-state index is 5.95. The van der Waals surface area contributed by atoms with Gasteiger partial charge in [-0.3, -0.25) is 0 Å². The summed E-state index contributed by atoms with van der Waals surface area (Å²) in [5.74, 6) is 1.25. The lowest BCUT2D eigenvalue weighted by Crippen LogP contribution is -2.14. The van der Waals surface area contributed by atoms with Gasteiger partial charge in [0, 0.05) is 12.7 Å². The topological polar surface area (TPSA) is 34.0 Å². The second kappa shape index (κ2) is 6.55. The monoisotopic (exact) mass is 300 g/mol. The second-order valence-electron chi connectivity index (χ2n) is 4.82. The largest absolute Gasteiger partial charge is 0.312 e. The Balaban J connectivity index is 2.16. The van der Waals surface area contributed by atoms with Crippen molar-refractivity contribution in [2.24, 2.45) is 0 Å². The SMILES string of the molecule is CN(C)CCCCn1c(CCl)nc2cc(Cl)cnc21. The van der Waals surface area contributed by atoms with Crippen LogP contribution in [0, 0.1) is 0 Å². The average Bonchev–Trinajstić information content (AvgIpc) is 2.71. The fourth-order valence-electron chi connectivity index (χ4n) is 2.07. The predicted molar refractivity (Wildman–Crippen MR) is 79.9 cm³/mol. The number of hydrogen-bond acceptors (Lipinski definition) is 3. The Morgan fingerprint density at radius 3 is 2.79 bits per heavy atom. The zero-order valence-corrected chi connectivity index (χ0v) is 12.7. The minimum atomic E-state index is 0.391. The first-order valence-electron chi connectivity index (χ1n) is 6.33. The number of unbranched alkanes of at least 4 members (excludes halogenated alkanes) is 1. The zero-order valence-electron chi connectivity index (χ0n) is 11.2. The van der Waals surface area contributed by atoms with Crippen LogP contribution in [0.4, 0.5) is 0 Å². The number of imidazole rings is 1. The van der Waals surface area contributed by atoms with E-state index in [1.807, 2.05) is 6.07 Å². The number of hydrogen-bond donors (Lipinski definition) is 0. The molecule has 104 valence electrons. The highest BCUT2D eigenvalue weighted by atomic mass is 35.5. The molecular formula is C13H18Cl2N4. The Hall–Kier alpha value is -0.840. The van der Waals surface area contributed by atoms with Crippen molar-refractivity contribution in [2.45, 2.75) is 25.3 Å². The van der Waals surface area contributed by atoms with Crippen LogP contribution in [0.1, 0.15) is 18.7 Å². The fraction of sp³-hybridized carbons (Fsp3) is 0.538. The molecule has 2 aromatic heterocycles. The van der Waals surface area contributed by atoms with E-state index in [2.05, 4.69) is 33.5 Å². The molecule has 2 rings (SSSR count). The molecule has 0 aliphatic carbocycles. The summed E-state index contributed by atoms with van der Waals surface area (Å²) in [6.07, 6.45) is 3.87. The first-order valence-corrected chi connectivity index (χ1v) is 7.24. The summed E-state index contributed by atoms with van der Waals surface area (Å²) < 4.78 is 2.09. The molecule has 19 heavy (non-hydrogen) atoms. The molecule has 0 aliphatic rings. The van der Waals surface area contributed by atoms with Crippen molar-refractivity contribution in [1.29, 1.82) is 0 Å². The Labute approximate surface area is 123 Å². The standard InChI is InChI=1S/C13H18Cl2N4/c1-18(2)5-3-4-6-19-12(8-14)17-11-7-10(15)9-16-13(11)19/h7,9H,3-6,8H2,1-2H3. The molecule has 0 N–H and O–H groups in total. The van der Waals surface area contributed by atoms with Crippen LogP contribution in [0.2, 0.25) is 5.02 Å². The highest BCUT2D eigenvalue weighted by Crippen LogP contribution is 2.19. The van der Waals surface area contributed by atoms with E-state index in [1.54, 1.807) is 6.20 Å². The number of alkyl halides is 1. The third-order valence-corrected chi connectivity index (χ3v) is 3.43. The van der Waals surface area contributed by atoms with Crippen LogP contribution in [0.25, 0.3) is 11.2 Å². The second-order valence-corrected chi connectivity index (χ2v) is 5.52. The van der Waals surface area contributed by atoms with Gasteiger partial charge in [-0.25, -0.2) is 9.97 Å². The van der Waals surface area contributed by atoms with Gasteiger partial charge in [-0.05, 0) is 39.5 Å². The van der Waals surface area contributed by atoms with E-state index in [4.69, 9.17) is 23.2 Å². The predicted octanol–water partition coefficient (Wildman–Crippen LogP) is 3.17. The van der Waals surface area contributed by atoms with Crippen molar-refractivity contribution in [2.75, 3.05) is 20.6 Å². The summed E-state index contributed by atoms with van der Waals surface area (Å²) in [5, 5.41) is 0.603. The summed E-state index contributed by atoms with van der Waals surface area (Å²) in [4.78, 5) is 11.0. The fourth-order valence-corrected chi connectivity index (χ4v) is 2.42. The molecular weight excluding hydrogens is 283 g/mol. The van der Waals surface area contributed by atoms with Gasteiger partial charge in [0.15, 0.2) is 5.65 Å². The Bertz CT molecular complexity index is 551. The highest BCUT2D eigenvalue weighted by molar-refractivity contribution is 6.31. The molecule has 0 amide bonds. The van der Waals surface area contributed by atoms with Gasteiger partial charge in [-0.1, -0.05) is 11.6 Å². The highest BCUT2D eigenvalue weighted by Gasteiger charge is 2.11. The summed E-state index contributed by atoms with van der Waals surface area (Å²) in [6.45, 7) is 1.98. The van der Waals surface area contributed by atoms with E-state index in [-0.39, 0.29) is 0 Å². The molecule has 0 fully saturated rings. The van der Waals surface area contributed by atoms with E-state index in [0.29, 0.717) is 10.9 Å². The van der Waals surface area contributed by atoms with Gasteiger partial charge in [0.2, 0.25) is 0 Å². The lowest BCUT2D eigenvalue weighted by Gasteiger charge is -2.10. The number of rotatable bonds is 6. The van der Waals surface area contributed by atoms with Crippen molar-refractivity contribution in [3.63, 3.8) is 0 Å². The maximum absolute atomic E-state index is 5.95. The molecule has 0 aromatic carbocycles. The van der Waals surface area contributed by atoms with Crippen LogP contribution in [-0.4, -0.2) is 40.1 Å². The van der Waals surface area contributed by atoms with Gasteiger partial charge in [-0.15, -0.1) is 11.6 Å². The van der Waals surface area contributed by atoms with Gasteiger partial charge in [0.05, 0.1) is 10.9 Å². The van der Waals surface area contributed by atoms with Crippen molar-refractivity contribution in [1.82, 2.24) is 19.4 Å². The Kier molecular flexibility index (Phi) is 5.02. The molecule has 2 heterocycles.